The third kappa shape index (κ3) is 4.11. The molecule has 0 spiro atoms. The first-order chi connectivity index (χ1) is 10.8. The monoisotopic (exact) mass is 297 g/mol. The van der Waals surface area contributed by atoms with Crippen LogP contribution in [0.5, 0.6) is 0 Å². The molecule has 1 saturated carbocycles. The Balaban J connectivity index is 2.14. The number of nitrogens with one attached hydrogen (secondary N) is 1. The Morgan fingerprint density at radius 3 is 2.86 bits per heavy atom. The molecule has 116 valence electrons. The highest BCUT2D eigenvalue weighted by molar-refractivity contribution is 6.14. The average molecular weight is 297 g/mol. The highest BCUT2D eigenvalue weighted by Crippen LogP contribution is 2.23. The molecule has 1 fully saturated rings. The number of hydrogen-bond donors (Lipinski definition) is 1. The molecule has 0 saturated heterocycles. The molecular weight excluding hydrogens is 274 g/mol. The number of furan rings is 1. The number of nitrogens with zero attached hydrogens (tertiary/aromatic N) is 2. The van der Waals surface area contributed by atoms with E-state index in [0.29, 0.717) is 23.0 Å². The van der Waals surface area contributed by atoms with Crippen molar-refractivity contribution in [1.29, 1.82) is 5.26 Å². The van der Waals surface area contributed by atoms with Crippen molar-refractivity contribution in [3.63, 3.8) is 0 Å². The van der Waals surface area contributed by atoms with Gasteiger partial charge in [-0.05, 0) is 37.8 Å². The molecule has 0 aliphatic heterocycles. The van der Waals surface area contributed by atoms with Crippen LogP contribution in [0.4, 0.5) is 0 Å². The molecule has 1 aliphatic carbocycles. The van der Waals surface area contributed by atoms with Crippen LogP contribution in [0.1, 0.15) is 44.8 Å². The fourth-order valence-electron chi connectivity index (χ4n) is 2.85. The zero-order valence-electron chi connectivity index (χ0n) is 13.1. The number of allylic oxidation sites excluding steroid dienone is 2. The molecule has 22 heavy (non-hydrogen) atoms. The molecule has 0 amide bonds. The molecule has 0 aromatic carbocycles. The van der Waals surface area contributed by atoms with Crippen molar-refractivity contribution in [2.24, 2.45) is 10.9 Å². The van der Waals surface area contributed by atoms with Gasteiger partial charge in [0, 0.05) is 18.4 Å². The van der Waals surface area contributed by atoms with E-state index in [4.69, 9.17) is 4.42 Å². The van der Waals surface area contributed by atoms with Crippen LogP contribution in [0.25, 0.3) is 0 Å². The summed E-state index contributed by atoms with van der Waals surface area (Å²) in [5, 5.41) is 12.9. The van der Waals surface area contributed by atoms with E-state index in [1.807, 2.05) is 6.92 Å². The third-order valence-corrected chi connectivity index (χ3v) is 4.08. The van der Waals surface area contributed by atoms with Crippen LogP contribution in [0.2, 0.25) is 0 Å². The van der Waals surface area contributed by atoms with Gasteiger partial charge in [-0.1, -0.05) is 25.8 Å². The molecule has 0 radical (unpaired) electrons. The Morgan fingerprint density at radius 1 is 1.50 bits per heavy atom. The maximum atomic E-state index is 9.52. The lowest BCUT2D eigenvalue weighted by molar-refractivity contribution is 0.351. The zero-order valence-corrected chi connectivity index (χ0v) is 13.1. The van der Waals surface area contributed by atoms with Crippen molar-refractivity contribution in [2.45, 2.75) is 39.0 Å². The Hall–Kier alpha value is -2.28. The maximum absolute atomic E-state index is 9.52. The second-order valence-electron chi connectivity index (χ2n) is 5.63. The van der Waals surface area contributed by atoms with Gasteiger partial charge in [0.15, 0.2) is 5.76 Å². The van der Waals surface area contributed by atoms with Crippen molar-refractivity contribution in [1.82, 2.24) is 5.32 Å². The lowest BCUT2D eigenvalue weighted by Gasteiger charge is -2.22. The van der Waals surface area contributed by atoms with Crippen LogP contribution in [0.3, 0.4) is 0 Å². The molecule has 1 heterocycles. The summed E-state index contributed by atoms with van der Waals surface area (Å²) in [5.41, 5.74) is 1.87. The minimum Gasteiger partial charge on any atom is -0.463 e. The molecule has 0 atom stereocenters. The molecule has 1 aromatic rings. The summed E-state index contributed by atoms with van der Waals surface area (Å²) in [4.78, 5) is 4.22. The van der Waals surface area contributed by atoms with Crippen LogP contribution in [0, 0.1) is 17.2 Å². The van der Waals surface area contributed by atoms with Crippen molar-refractivity contribution >= 4 is 5.71 Å². The Morgan fingerprint density at radius 2 is 2.27 bits per heavy atom. The summed E-state index contributed by atoms with van der Waals surface area (Å²) in [6.45, 7) is 6.46. The minimum absolute atomic E-state index is 0.505. The van der Waals surface area contributed by atoms with E-state index in [1.54, 1.807) is 18.4 Å². The van der Waals surface area contributed by atoms with Gasteiger partial charge in [-0.2, -0.15) is 5.26 Å². The Kier molecular flexibility index (Phi) is 6.02. The topological polar surface area (TPSA) is 61.3 Å². The van der Waals surface area contributed by atoms with Crippen molar-refractivity contribution < 1.29 is 4.42 Å². The Bertz CT molecular complexity index is 584. The highest BCUT2D eigenvalue weighted by atomic mass is 16.3. The lowest BCUT2D eigenvalue weighted by atomic mass is 9.89. The van der Waals surface area contributed by atoms with Gasteiger partial charge < -0.3 is 9.73 Å². The second kappa shape index (κ2) is 8.23. The first-order valence-electron chi connectivity index (χ1n) is 7.84. The normalized spacial score (nSPS) is 17.5. The predicted octanol–water partition coefficient (Wildman–Crippen LogP) is 4.18. The summed E-state index contributed by atoms with van der Waals surface area (Å²) in [5.74, 6) is 1.28. The van der Waals surface area contributed by atoms with Gasteiger partial charge in [-0.3, -0.25) is 4.99 Å². The largest absolute Gasteiger partial charge is 0.463 e. The molecule has 2 rings (SSSR count). The third-order valence-electron chi connectivity index (χ3n) is 4.08. The summed E-state index contributed by atoms with van der Waals surface area (Å²) in [7, 11) is 0. The molecule has 0 unspecified atom stereocenters. The predicted molar refractivity (Wildman–Crippen MR) is 88.3 cm³/mol. The van der Waals surface area contributed by atoms with Gasteiger partial charge in [0.05, 0.1) is 6.26 Å². The number of rotatable bonds is 6. The van der Waals surface area contributed by atoms with Gasteiger partial charge in [0.2, 0.25) is 0 Å². The van der Waals surface area contributed by atoms with E-state index in [-0.39, 0.29) is 0 Å². The summed E-state index contributed by atoms with van der Waals surface area (Å²) < 4.78 is 5.38. The average Bonchev–Trinajstić information content (AvgIpc) is 3.08. The van der Waals surface area contributed by atoms with E-state index in [2.05, 4.69) is 23.0 Å². The van der Waals surface area contributed by atoms with Gasteiger partial charge in [-0.25, -0.2) is 0 Å². The van der Waals surface area contributed by atoms with E-state index < -0.39 is 0 Å². The lowest BCUT2D eigenvalue weighted by Crippen LogP contribution is -2.25. The summed E-state index contributed by atoms with van der Waals surface area (Å²) in [6, 6.07) is 5.83. The number of aliphatic imine (C=N–C) groups is 1. The molecule has 1 N–H and O–H groups in total. The zero-order chi connectivity index (χ0) is 15.8. The van der Waals surface area contributed by atoms with Crippen LogP contribution in [0.15, 0.2) is 51.9 Å². The first kappa shape index (κ1) is 16.1. The van der Waals surface area contributed by atoms with Crippen molar-refractivity contribution in [3.8, 4) is 6.07 Å². The van der Waals surface area contributed by atoms with E-state index in [1.165, 1.54) is 38.3 Å². The van der Waals surface area contributed by atoms with Gasteiger partial charge >= 0.3 is 0 Å². The highest BCUT2D eigenvalue weighted by Gasteiger charge is 2.17. The van der Waals surface area contributed by atoms with E-state index >= 15 is 0 Å². The Labute approximate surface area is 132 Å². The second-order valence-corrected chi connectivity index (χ2v) is 5.63. The van der Waals surface area contributed by atoms with Crippen LogP contribution >= 0.6 is 0 Å². The van der Waals surface area contributed by atoms with E-state index in [9.17, 15) is 5.26 Å². The standard InChI is InChI=1S/C18H23N3O/c1-3-20-18(17-10-7-11-22-17)16(12-19)14(2)21-13-15-8-5-4-6-9-15/h3,7,10-11,15,21H,1,4-6,8-9,13H2,2H3/b16-14+,20-18?. The molecular formula is C18H23N3O. The SMILES string of the molecule is C=CN=C(/C(C#N)=C(\C)NCC1CCCCC1)c1ccco1. The fraction of sp³-hybridized carbons (Fsp3) is 0.444. The molecule has 0 bridgehead atoms. The minimum atomic E-state index is 0.505. The van der Waals surface area contributed by atoms with Crippen molar-refractivity contribution in [2.75, 3.05) is 6.54 Å². The van der Waals surface area contributed by atoms with Gasteiger partial charge in [-0.15, -0.1) is 0 Å². The smallest absolute Gasteiger partial charge is 0.153 e. The van der Waals surface area contributed by atoms with Crippen LogP contribution in [-0.4, -0.2) is 12.3 Å². The quantitative estimate of drug-likeness (QED) is 0.633. The molecule has 1 aliphatic rings. The maximum Gasteiger partial charge on any atom is 0.153 e. The van der Waals surface area contributed by atoms with Gasteiger partial charge in [0.25, 0.3) is 0 Å². The number of hydrogen-bond acceptors (Lipinski definition) is 4. The summed E-state index contributed by atoms with van der Waals surface area (Å²) >= 11 is 0. The first-order valence-corrected chi connectivity index (χ1v) is 7.84. The molecule has 4 nitrogen and oxygen atoms in total. The van der Waals surface area contributed by atoms with Crippen LogP contribution in [-0.2, 0) is 0 Å². The molecule has 4 heteroatoms. The fourth-order valence-corrected chi connectivity index (χ4v) is 2.85. The molecule has 1 aromatic heterocycles. The number of nitriles is 1. The van der Waals surface area contributed by atoms with Gasteiger partial charge in [0.1, 0.15) is 17.4 Å². The van der Waals surface area contributed by atoms with Crippen LogP contribution < -0.4 is 5.32 Å². The summed E-state index contributed by atoms with van der Waals surface area (Å²) in [6.07, 6.45) is 9.54. The van der Waals surface area contributed by atoms with Crippen molar-refractivity contribution in [3.05, 3.63) is 48.2 Å². The van der Waals surface area contributed by atoms with E-state index in [0.717, 1.165) is 12.2 Å².